The highest BCUT2D eigenvalue weighted by Gasteiger charge is 2.25. The lowest BCUT2D eigenvalue weighted by Crippen LogP contribution is -2.11. The van der Waals surface area contributed by atoms with E-state index in [9.17, 15) is 0 Å². The van der Waals surface area contributed by atoms with Crippen LogP contribution in [0, 0.1) is 0 Å². The highest BCUT2D eigenvalue weighted by Crippen LogP contribution is 2.48. The van der Waals surface area contributed by atoms with E-state index in [0.717, 1.165) is 101 Å². The van der Waals surface area contributed by atoms with Crippen LogP contribution in [0.5, 0.6) is 0 Å². The van der Waals surface area contributed by atoms with Gasteiger partial charge in [-0.3, -0.25) is 0 Å². The number of hydrogen-bond donors (Lipinski definition) is 0. The van der Waals surface area contributed by atoms with Crippen LogP contribution >= 0.6 is 0 Å². The molecule has 0 saturated heterocycles. The van der Waals surface area contributed by atoms with Gasteiger partial charge in [-0.1, -0.05) is 249 Å². The number of anilines is 6. The van der Waals surface area contributed by atoms with E-state index < -0.39 is 0 Å². The van der Waals surface area contributed by atoms with E-state index in [1.807, 2.05) is 24.3 Å². The van der Waals surface area contributed by atoms with Crippen molar-refractivity contribution in [1.82, 2.24) is 18.3 Å². The highest BCUT2D eigenvalue weighted by atomic mass is 16.3. The third-order valence-electron chi connectivity index (χ3n) is 25.4. The second-order valence-corrected chi connectivity index (χ2v) is 32.3. The predicted octanol–water partition coefficient (Wildman–Crippen LogP) is 32.1. The summed E-state index contributed by atoms with van der Waals surface area (Å²) in [4.78, 5) is 4.77. The molecule has 6 heterocycles. The zero-order valence-electron chi connectivity index (χ0n) is 67.2. The van der Waals surface area contributed by atoms with E-state index in [0.29, 0.717) is 0 Å². The number of benzene rings is 20. The first-order chi connectivity index (χ1) is 61.5. The van der Waals surface area contributed by atoms with Crippen LogP contribution in [0.3, 0.4) is 0 Å². The third kappa shape index (κ3) is 11.4. The lowest BCUT2D eigenvalue weighted by molar-refractivity contribution is 0.668. The molecule has 20 aromatic carbocycles. The molecule has 0 aliphatic carbocycles. The summed E-state index contributed by atoms with van der Waals surface area (Å²) >= 11 is 0. The Labute approximate surface area is 712 Å². The summed E-state index contributed by atoms with van der Waals surface area (Å²) in [7, 11) is 0. The standard InChI is InChI=1S/2C58H37N3O/c1-2-12-42(13-3-1)60-55-20-10-6-16-49(55)51-36-41(26-32-56(51)60)38-22-27-43(28-23-38)59(46-31-33-58-52(37-46)50-17-7-11-21-57(50)62-58)44-29-24-40-35-45(30-25-39(40)34-44)61-53-18-8-4-14-47(53)48-15-5-9-19-54(48)61;1-2-14-39(15-3-1)60-54-24-12-8-20-48(54)50-36-38(26-33-56(50)60)43-32-34-55(45-17-5-4-16-44(43)45)59(42-31-35-58-51(37-42)49-21-9-13-25-57(49)62-58)40-27-29-41(30-28-40)61-52-22-10-6-18-46(52)47-19-7-11-23-53(47)61/h2*1-37H. The topological polar surface area (TPSA) is 52.5 Å². The highest BCUT2D eigenvalue weighted by molar-refractivity contribution is 6.16. The number of aromatic nitrogens is 4. The third-order valence-corrected chi connectivity index (χ3v) is 25.4. The van der Waals surface area contributed by atoms with Gasteiger partial charge in [0, 0.05) is 121 Å². The first-order valence-corrected chi connectivity index (χ1v) is 42.3. The van der Waals surface area contributed by atoms with Gasteiger partial charge >= 0.3 is 0 Å². The number of rotatable bonds is 12. The molecule has 6 aromatic heterocycles. The van der Waals surface area contributed by atoms with Crippen LogP contribution in [0.2, 0.25) is 0 Å². The Kier molecular flexibility index (Phi) is 16.2. The zero-order valence-corrected chi connectivity index (χ0v) is 67.2. The van der Waals surface area contributed by atoms with Gasteiger partial charge in [-0.25, -0.2) is 0 Å². The van der Waals surface area contributed by atoms with Crippen LogP contribution in [-0.4, -0.2) is 18.3 Å². The quantitative estimate of drug-likeness (QED) is 0.122. The van der Waals surface area contributed by atoms with Crippen molar-refractivity contribution in [2.75, 3.05) is 9.80 Å². The molecule has 8 heteroatoms. The second kappa shape index (κ2) is 28.5. The van der Waals surface area contributed by atoms with Crippen molar-refractivity contribution in [2.45, 2.75) is 0 Å². The van der Waals surface area contributed by atoms with Crippen LogP contribution in [0.25, 0.3) is 198 Å². The average molecular weight is 1580 g/mol. The molecule has 8 nitrogen and oxygen atoms in total. The maximum absolute atomic E-state index is 6.32. The zero-order chi connectivity index (χ0) is 81.5. The van der Waals surface area contributed by atoms with Gasteiger partial charge in [0.15, 0.2) is 0 Å². The monoisotopic (exact) mass is 1580 g/mol. The van der Waals surface area contributed by atoms with Gasteiger partial charge in [0.25, 0.3) is 0 Å². The van der Waals surface area contributed by atoms with E-state index in [1.54, 1.807) is 0 Å². The van der Waals surface area contributed by atoms with E-state index >= 15 is 0 Å². The minimum Gasteiger partial charge on any atom is -0.456 e. The van der Waals surface area contributed by atoms with E-state index in [-0.39, 0.29) is 0 Å². The van der Waals surface area contributed by atoms with Crippen molar-refractivity contribution in [3.8, 4) is 45.0 Å². The molecule has 0 amide bonds. The molecule has 124 heavy (non-hydrogen) atoms. The van der Waals surface area contributed by atoms with Crippen molar-refractivity contribution in [3.05, 3.63) is 449 Å². The molecule has 26 rings (SSSR count). The number of fused-ring (bicyclic) bond motifs is 20. The van der Waals surface area contributed by atoms with E-state index in [4.69, 9.17) is 8.83 Å². The Morgan fingerprint density at radius 2 is 0.484 bits per heavy atom. The van der Waals surface area contributed by atoms with Gasteiger partial charge in [0.1, 0.15) is 22.3 Å². The predicted molar refractivity (Wildman–Crippen MR) is 520 cm³/mol. The number of hydrogen-bond acceptors (Lipinski definition) is 4. The van der Waals surface area contributed by atoms with Crippen molar-refractivity contribution < 1.29 is 8.83 Å². The van der Waals surface area contributed by atoms with Crippen molar-refractivity contribution >= 4 is 187 Å². The maximum Gasteiger partial charge on any atom is 0.135 e. The molecule has 0 radical (unpaired) electrons. The Morgan fingerprint density at radius 1 is 0.161 bits per heavy atom. The largest absolute Gasteiger partial charge is 0.456 e. The summed E-state index contributed by atoms with van der Waals surface area (Å²) in [5.41, 5.74) is 28.9. The molecule has 0 N–H and O–H groups in total. The van der Waals surface area contributed by atoms with Crippen molar-refractivity contribution in [3.63, 3.8) is 0 Å². The Balaban J connectivity index is 0.000000136. The summed E-state index contributed by atoms with van der Waals surface area (Å²) in [6.45, 7) is 0. The summed E-state index contributed by atoms with van der Waals surface area (Å²) in [6.07, 6.45) is 0. The molecule has 0 atom stereocenters. The smallest absolute Gasteiger partial charge is 0.135 e. The SMILES string of the molecule is c1ccc(-n2c3ccccc3c3cc(-c4ccc(N(c5ccc(-n6c7ccccc7c7ccccc76)cc5)c5ccc6oc7ccccc7c6c5)c5ccccc45)ccc32)cc1.c1ccc(-n2c3ccccc3c3cc(-c4ccc(N(c5ccc6cc(-n7c8ccccc8c8ccccc87)ccc6c5)c5ccc6oc7ccccc7c6c5)cc4)ccc32)cc1. The maximum atomic E-state index is 6.32. The minimum atomic E-state index is 0.876. The van der Waals surface area contributed by atoms with Crippen LogP contribution in [0.4, 0.5) is 34.1 Å². The summed E-state index contributed by atoms with van der Waals surface area (Å²) < 4.78 is 22.1. The molecular weight excluding hydrogens is 1510 g/mol. The average Bonchev–Trinajstić information content (AvgIpc) is 1.51. The minimum absolute atomic E-state index is 0.876. The first kappa shape index (κ1) is 70.3. The van der Waals surface area contributed by atoms with Crippen LogP contribution in [-0.2, 0) is 0 Å². The fourth-order valence-electron chi connectivity index (χ4n) is 19.8. The van der Waals surface area contributed by atoms with Gasteiger partial charge < -0.3 is 36.9 Å². The van der Waals surface area contributed by atoms with Gasteiger partial charge in [0.2, 0.25) is 0 Å². The van der Waals surface area contributed by atoms with Crippen LogP contribution in [0.1, 0.15) is 0 Å². The first-order valence-electron chi connectivity index (χ1n) is 42.3. The lowest BCUT2D eigenvalue weighted by atomic mass is 9.95. The van der Waals surface area contributed by atoms with Crippen LogP contribution < -0.4 is 9.80 Å². The molecule has 26 aromatic rings. The Hall–Kier alpha value is -16.7. The molecule has 580 valence electrons. The fourth-order valence-corrected chi connectivity index (χ4v) is 19.8. The van der Waals surface area contributed by atoms with E-state index in [2.05, 4.69) is 453 Å². The fraction of sp³-hybridized carbons (Fsp3) is 0. The van der Waals surface area contributed by atoms with Gasteiger partial charge in [-0.2, -0.15) is 0 Å². The van der Waals surface area contributed by atoms with Crippen LogP contribution in [0.15, 0.2) is 458 Å². The Morgan fingerprint density at radius 3 is 0.992 bits per heavy atom. The summed E-state index contributed by atoms with van der Waals surface area (Å²) in [6, 6.07) is 162. The van der Waals surface area contributed by atoms with Crippen molar-refractivity contribution in [1.29, 1.82) is 0 Å². The summed E-state index contributed by atoms with van der Waals surface area (Å²) in [5.74, 6) is 0. The lowest BCUT2D eigenvalue weighted by Gasteiger charge is -2.28. The Bertz CT molecular complexity index is 8660. The molecule has 0 aliphatic rings. The van der Waals surface area contributed by atoms with Gasteiger partial charge in [0.05, 0.1) is 49.8 Å². The summed E-state index contributed by atoms with van der Waals surface area (Å²) in [5, 5.41) is 19.1. The number of furan rings is 2. The molecule has 0 saturated carbocycles. The number of nitrogens with zero attached hydrogens (tertiary/aromatic N) is 6. The van der Waals surface area contributed by atoms with E-state index in [1.165, 1.54) is 131 Å². The normalized spacial score (nSPS) is 11.9. The van der Waals surface area contributed by atoms with Gasteiger partial charge in [-0.05, 0) is 239 Å². The molecule has 0 unspecified atom stereocenters. The molecule has 0 fully saturated rings. The molecule has 0 aliphatic heterocycles. The second-order valence-electron chi connectivity index (χ2n) is 32.3. The molecule has 0 bridgehead atoms. The molecule has 0 spiro atoms. The van der Waals surface area contributed by atoms with Gasteiger partial charge in [-0.15, -0.1) is 0 Å². The number of para-hydroxylation sites is 10. The van der Waals surface area contributed by atoms with Crippen molar-refractivity contribution in [2.24, 2.45) is 0 Å². The molecular formula is C116H74N6O2.